The Morgan fingerprint density at radius 1 is 1.61 bits per heavy atom. The van der Waals surface area contributed by atoms with Crippen molar-refractivity contribution in [3.8, 4) is 0 Å². The van der Waals surface area contributed by atoms with E-state index in [1.165, 1.54) is 15.6 Å². The van der Waals surface area contributed by atoms with Gasteiger partial charge in [0.2, 0.25) is 0 Å². The fraction of sp³-hybridized carbons (Fsp3) is 0.636. The van der Waals surface area contributed by atoms with E-state index in [4.69, 9.17) is 4.74 Å². The molecule has 2 rings (SSSR count). The van der Waals surface area contributed by atoms with Crippen LogP contribution in [0.5, 0.6) is 0 Å². The van der Waals surface area contributed by atoms with E-state index in [0.717, 1.165) is 15.8 Å². The van der Waals surface area contributed by atoms with E-state index in [9.17, 15) is 8.42 Å². The van der Waals surface area contributed by atoms with E-state index < -0.39 is 10.0 Å². The molecule has 0 bridgehead atoms. The van der Waals surface area contributed by atoms with Crippen molar-refractivity contribution in [2.24, 2.45) is 0 Å². The standard InChI is InChI=1S/C11H16BrNO3S2/c1-3-9-7-13(4-5-16-9)18(14,15)10-6-8(2)11(12)17-10/h6,9H,3-5,7H2,1-2H3. The highest BCUT2D eigenvalue weighted by Gasteiger charge is 2.31. The Morgan fingerprint density at radius 2 is 2.33 bits per heavy atom. The van der Waals surface area contributed by atoms with E-state index in [2.05, 4.69) is 15.9 Å². The summed E-state index contributed by atoms with van der Waals surface area (Å²) < 4.78 is 33.3. The lowest BCUT2D eigenvalue weighted by molar-refractivity contribution is -0.00272. The highest BCUT2D eigenvalue weighted by Crippen LogP contribution is 2.32. The van der Waals surface area contributed by atoms with Crippen LogP contribution in [0, 0.1) is 6.92 Å². The fourth-order valence-corrected chi connectivity index (χ4v) is 5.68. The van der Waals surface area contributed by atoms with Crippen LogP contribution in [0.2, 0.25) is 0 Å². The van der Waals surface area contributed by atoms with E-state index in [1.54, 1.807) is 6.07 Å². The molecule has 0 N–H and O–H groups in total. The van der Waals surface area contributed by atoms with E-state index in [-0.39, 0.29) is 6.10 Å². The fourth-order valence-electron chi connectivity index (χ4n) is 1.84. The number of morpholine rings is 1. The SMILES string of the molecule is CCC1CN(S(=O)(=O)c2cc(C)c(Br)s2)CCO1. The molecule has 1 aromatic heterocycles. The Morgan fingerprint density at radius 3 is 2.89 bits per heavy atom. The first-order valence-electron chi connectivity index (χ1n) is 5.83. The van der Waals surface area contributed by atoms with Crippen molar-refractivity contribution in [3.05, 3.63) is 15.4 Å². The third-order valence-corrected chi connectivity index (χ3v) is 7.44. The van der Waals surface area contributed by atoms with Crippen molar-refractivity contribution in [3.63, 3.8) is 0 Å². The summed E-state index contributed by atoms with van der Waals surface area (Å²) in [5.41, 5.74) is 0.957. The summed E-state index contributed by atoms with van der Waals surface area (Å²) >= 11 is 4.64. The molecule has 1 aliphatic heterocycles. The zero-order valence-corrected chi connectivity index (χ0v) is 13.6. The van der Waals surface area contributed by atoms with Gasteiger partial charge in [-0.2, -0.15) is 4.31 Å². The molecule has 0 aromatic carbocycles. The Labute approximate surface area is 120 Å². The lowest BCUT2D eigenvalue weighted by Crippen LogP contribution is -2.45. The number of aryl methyl sites for hydroxylation is 1. The molecule has 1 atom stereocenters. The van der Waals surface area contributed by atoms with Crippen molar-refractivity contribution in [2.75, 3.05) is 19.7 Å². The van der Waals surface area contributed by atoms with Gasteiger partial charge in [-0.05, 0) is 40.9 Å². The summed E-state index contributed by atoms with van der Waals surface area (Å²) in [5.74, 6) is 0. The molecule has 18 heavy (non-hydrogen) atoms. The average Bonchev–Trinajstić information content (AvgIpc) is 2.70. The topological polar surface area (TPSA) is 46.6 Å². The minimum Gasteiger partial charge on any atom is -0.375 e. The molecule has 7 heteroatoms. The van der Waals surface area contributed by atoms with Crippen molar-refractivity contribution in [1.29, 1.82) is 0 Å². The van der Waals surface area contributed by atoms with Crippen LogP contribution in [0.15, 0.2) is 14.1 Å². The van der Waals surface area contributed by atoms with Gasteiger partial charge in [-0.1, -0.05) is 6.92 Å². The van der Waals surface area contributed by atoms with Crippen molar-refractivity contribution in [1.82, 2.24) is 4.31 Å². The summed E-state index contributed by atoms with van der Waals surface area (Å²) in [4.78, 5) is 0. The molecule has 0 saturated carbocycles. The minimum absolute atomic E-state index is 0.0121. The summed E-state index contributed by atoms with van der Waals surface area (Å²) in [6, 6.07) is 1.72. The highest BCUT2D eigenvalue weighted by molar-refractivity contribution is 9.11. The number of halogens is 1. The third-order valence-electron chi connectivity index (χ3n) is 2.99. The monoisotopic (exact) mass is 353 g/mol. The van der Waals surface area contributed by atoms with Gasteiger partial charge < -0.3 is 4.74 Å². The van der Waals surface area contributed by atoms with Gasteiger partial charge in [0.15, 0.2) is 0 Å². The molecule has 4 nitrogen and oxygen atoms in total. The first kappa shape index (κ1) is 14.5. The van der Waals surface area contributed by atoms with Crippen LogP contribution in [-0.4, -0.2) is 38.5 Å². The number of thiophene rings is 1. The molecule has 0 amide bonds. The van der Waals surface area contributed by atoms with Crippen LogP contribution in [0.4, 0.5) is 0 Å². The molecule has 2 heterocycles. The number of rotatable bonds is 3. The molecule has 102 valence electrons. The summed E-state index contributed by atoms with van der Waals surface area (Å²) in [7, 11) is -3.36. The van der Waals surface area contributed by atoms with Crippen molar-refractivity contribution in [2.45, 2.75) is 30.6 Å². The maximum absolute atomic E-state index is 12.5. The van der Waals surface area contributed by atoms with Crippen LogP contribution >= 0.6 is 27.3 Å². The minimum atomic E-state index is -3.36. The largest absolute Gasteiger partial charge is 0.375 e. The van der Waals surface area contributed by atoms with Crippen molar-refractivity contribution < 1.29 is 13.2 Å². The lowest BCUT2D eigenvalue weighted by Gasteiger charge is -2.31. The predicted octanol–water partition coefficient (Wildman–Crippen LogP) is 2.62. The molecule has 1 aromatic rings. The molecular weight excluding hydrogens is 338 g/mol. The molecule has 0 radical (unpaired) electrons. The van der Waals surface area contributed by atoms with E-state index in [1.807, 2.05) is 13.8 Å². The second-order valence-electron chi connectivity index (χ2n) is 4.29. The summed E-state index contributed by atoms with van der Waals surface area (Å²) in [6.45, 7) is 5.27. The summed E-state index contributed by atoms with van der Waals surface area (Å²) in [6.07, 6.45) is 0.845. The Hall–Kier alpha value is 0.0500. The molecule has 0 spiro atoms. The highest BCUT2D eigenvalue weighted by atomic mass is 79.9. The van der Waals surface area contributed by atoms with Gasteiger partial charge in [0.25, 0.3) is 10.0 Å². The second kappa shape index (κ2) is 5.58. The van der Waals surface area contributed by atoms with Gasteiger partial charge in [0.05, 0.1) is 16.5 Å². The first-order chi connectivity index (χ1) is 8.45. The van der Waals surface area contributed by atoms with E-state index in [0.29, 0.717) is 23.9 Å². The van der Waals surface area contributed by atoms with Gasteiger partial charge in [-0.3, -0.25) is 0 Å². The van der Waals surface area contributed by atoms with Gasteiger partial charge in [0, 0.05) is 13.1 Å². The van der Waals surface area contributed by atoms with Crippen molar-refractivity contribution >= 4 is 37.3 Å². The Balaban J connectivity index is 2.25. The van der Waals surface area contributed by atoms with E-state index >= 15 is 0 Å². The number of nitrogens with zero attached hydrogens (tertiary/aromatic N) is 1. The molecular formula is C11H16BrNO3S2. The van der Waals surface area contributed by atoms with Gasteiger partial charge in [-0.15, -0.1) is 11.3 Å². The molecule has 1 aliphatic rings. The van der Waals surface area contributed by atoms with Crippen LogP contribution in [0.25, 0.3) is 0 Å². The molecule has 1 unspecified atom stereocenters. The van der Waals surface area contributed by atoms with Gasteiger partial charge in [-0.25, -0.2) is 8.42 Å². The van der Waals surface area contributed by atoms with Crippen LogP contribution in [0.1, 0.15) is 18.9 Å². The quantitative estimate of drug-likeness (QED) is 0.838. The molecule has 1 saturated heterocycles. The first-order valence-corrected chi connectivity index (χ1v) is 8.87. The van der Waals surface area contributed by atoms with Crippen LogP contribution < -0.4 is 0 Å². The lowest BCUT2D eigenvalue weighted by atomic mass is 10.2. The maximum Gasteiger partial charge on any atom is 0.252 e. The number of hydrogen-bond acceptors (Lipinski definition) is 4. The second-order valence-corrected chi connectivity index (χ2v) is 8.82. The molecule has 0 aliphatic carbocycles. The third kappa shape index (κ3) is 2.80. The number of ether oxygens (including phenoxy) is 1. The zero-order chi connectivity index (χ0) is 13.3. The smallest absolute Gasteiger partial charge is 0.252 e. The number of sulfonamides is 1. The normalized spacial score (nSPS) is 22.3. The predicted molar refractivity (Wildman–Crippen MR) is 75.5 cm³/mol. The maximum atomic E-state index is 12.5. The van der Waals surface area contributed by atoms with Crippen LogP contribution in [0.3, 0.4) is 0 Å². The Kier molecular flexibility index (Phi) is 4.48. The Bertz CT molecular complexity index is 507. The van der Waals surface area contributed by atoms with Crippen LogP contribution in [-0.2, 0) is 14.8 Å². The summed E-state index contributed by atoms with van der Waals surface area (Å²) in [5, 5.41) is 0. The van der Waals surface area contributed by atoms with Gasteiger partial charge in [0.1, 0.15) is 4.21 Å². The average molecular weight is 354 g/mol. The van der Waals surface area contributed by atoms with Gasteiger partial charge >= 0.3 is 0 Å². The number of hydrogen-bond donors (Lipinski definition) is 0. The molecule has 1 fully saturated rings. The zero-order valence-electron chi connectivity index (χ0n) is 10.3.